The maximum absolute atomic E-state index is 12.9. The number of carbonyl (C=O) groups excluding carboxylic acids is 2. The van der Waals surface area contributed by atoms with E-state index in [0.29, 0.717) is 5.56 Å². The van der Waals surface area contributed by atoms with Crippen LogP contribution < -0.4 is 3.61 Å². The molecule has 0 N–H and O–H groups in total. The SMILES string of the molecule is O=C(OC[C@H]1OCO[C@H]2[C@@H]1OCO[C@@H]2C(=O)[Te]c1ccccc1)c1ccccc1. The molecule has 2 aromatic rings. The van der Waals surface area contributed by atoms with Crippen molar-refractivity contribution in [2.75, 3.05) is 20.2 Å². The summed E-state index contributed by atoms with van der Waals surface area (Å²) >= 11 is -1.09. The first-order valence-corrected chi connectivity index (χ1v) is 11.5. The molecule has 8 heteroatoms. The summed E-state index contributed by atoms with van der Waals surface area (Å²) < 4.78 is 29.0. The van der Waals surface area contributed by atoms with E-state index in [-0.39, 0.29) is 24.0 Å². The molecule has 152 valence electrons. The molecule has 2 aliphatic rings. The number of benzene rings is 2. The zero-order valence-electron chi connectivity index (χ0n) is 15.5. The second-order valence-corrected chi connectivity index (χ2v) is 9.57. The van der Waals surface area contributed by atoms with Crippen LogP contribution in [0.2, 0.25) is 0 Å². The molecule has 0 spiro atoms. The summed E-state index contributed by atoms with van der Waals surface area (Å²) in [6, 6.07) is 18.4. The van der Waals surface area contributed by atoms with E-state index in [4.69, 9.17) is 23.7 Å². The van der Waals surface area contributed by atoms with Crippen molar-refractivity contribution in [3.8, 4) is 0 Å². The molecule has 29 heavy (non-hydrogen) atoms. The van der Waals surface area contributed by atoms with Crippen molar-refractivity contribution >= 4 is 34.3 Å². The van der Waals surface area contributed by atoms with Gasteiger partial charge in [-0.15, -0.1) is 0 Å². The molecular weight excluding hydrogens is 492 g/mol. The summed E-state index contributed by atoms with van der Waals surface area (Å²) in [6.45, 7) is -0.0408. The Morgan fingerprint density at radius 3 is 2.28 bits per heavy atom. The van der Waals surface area contributed by atoms with Crippen LogP contribution in [0.1, 0.15) is 10.4 Å². The van der Waals surface area contributed by atoms with Crippen molar-refractivity contribution < 1.29 is 33.3 Å². The molecule has 2 heterocycles. The molecule has 0 radical (unpaired) electrons. The van der Waals surface area contributed by atoms with Gasteiger partial charge < -0.3 is 0 Å². The maximum atomic E-state index is 12.9. The predicted molar refractivity (Wildman–Crippen MR) is 103 cm³/mol. The number of rotatable bonds is 6. The van der Waals surface area contributed by atoms with Gasteiger partial charge in [-0.25, -0.2) is 0 Å². The van der Waals surface area contributed by atoms with E-state index in [9.17, 15) is 9.59 Å². The van der Waals surface area contributed by atoms with E-state index < -0.39 is 51.3 Å². The van der Waals surface area contributed by atoms with Gasteiger partial charge in [-0.2, -0.15) is 0 Å². The van der Waals surface area contributed by atoms with Gasteiger partial charge in [0.25, 0.3) is 0 Å². The number of hydrogen-bond donors (Lipinski definition) is 0. The van der Waals surface area contributed by atoms with Crippen molar-refractivity contribution in [1.29, 1.82) is 0 Å². The number of hydrogen-bond acceptors (Lipinski definition) is 7. The zero-order valence-corrected chi connectivity index (χ0v) is 17.8. The van der Waals surface area contributed by atoms with Crippen LogP contribution in [0.3, 0.4) is 0 Å². The molecule has 2 aromatic carbocycles. The average molecular weight is 512 g/mol. The fraction of sp³-hybridized carbons (Fsp3) is 0.333. The summed E-state index contributed by atoms with van der Waals surface area (Å²) in [4.78, 5) is 25.1. The Morgan fingerprint density at radius 2 is 1.52 bits per heavy atom. The fourth-order valence-electron chi connectivity index (χ4n) is 3.18. The van der Waals surface area contributed by atoms with Gasteiger partial charge >= 0.3 is 178 Å². The van der Waals surface area contributed by atoms with E-state index >= 15 is 0 Å². The first-order valence-electron chi connectivity index (χ1n) is 9.18. The van der Waals surface area contributed by atoms with Gasteiger partial charge in [0.05, 0.1) is 0 Å². The summed E-state index contributed by atoms with van der Waals surface area (Å²) in [7, 11) is 0. The minimum atomic E-state index is -1.09. The van der Waals surface area contributed by atoms with Gasteiger partial charge in [0.1, 0.15) is 0 Å². The van der Waals surface area contributed by atoms with Crippen LogP contribution in [0.4, 0.5) is 0 Å². The monoisotopic (exact) mass is 514 g/mol. The third kappa shape index (κ3) is 5.04. The van der Waals surface area contributed by atoms with Crippen LogP contribution >= 0.6 is 0 Å². The van der Waals surface area contributed by atoms with Crippen LogP contribution in [0.5, 0.6) is 0 Å². The molecule has 2 fully saturated rings. The molecule has 4 rings (SSSR count). The van der Waals surface area contributed by atoms with Crippen LogP contribution in [0, 0.1) is 0 Å². The molecular formula is C21H20O7Te. The molecule has 4 atom stereocenters. The first-order chi connectivity index (χ1) is 14.2. The summed E-state index contributed by atoms with van der Waals surface area (Å²) in [6.07, 6.45) is -2.36. The number of fused-ring (bicyclic) bond motifs is 1. The second kappa shape index (κ2) is 9.81. The molecule has 7 nitrogen and oxygen atoms in total. The Kier molecular flexibility index (Phi) is 6.93. The number of carbonyl (C=O) groups is 2. The third-order valence-electron chi connectivity index (χ3n) is 4.62. The molecule has 0 saturated carbocycles. The van der Waals surface area contributed by atoms with Crippen LogP contribution in [0.25, 0.3) is 0 Å². The summed E-state index contributed by atoms with van der Waals surface area (Å²) in [5, 5.41) is 0. The Bertz CT molecular complexity index is 829. The van der Waals surface area contributed by atoms with E-state index in [1.165, 1.54) is 0 Å². The Labute approximate surface area is 178 Å². The molecule has 0 aromatic heterocycles. The third-order valence-corrected chi connectivity index (χ3v) is 7.31. The minimum absolute atomic E-state index is 0.00848. The van der Waals surface area contributed by atoms with Crippen molar-refractivity contribution in [3.05, 3.63) is 66.2 Å². The van der Waals surface area contributed by atoms with E-state index in [1.807, 2.05) is 36.4 Å². The van der Waals surface area contributed by atoms with Gasteiger partial charge in [-0.05, 0) is 0 Å². The Hall–Kier alpha value is -1.79. The quantitative estimate of drug-likeness (QED) is 0.421. The van der Waals surface area contributed by atoms with Crippen LogP contribution in [-0.2, 0) is 28.5 Å². The van der Waals surface area contributed by atoms with Crippen molar-refractivity contribution in [1.82, 2.24) is 0 Å². The standard InChI is InChI=1S/C21H20O7Te/c22-20(14-7-3-1-4-8-14)24-11-16-17-18(27-12-25-16)19(28-13-26-17)21(23)29-15-9-5-2-6-10-15/h1-10,16-19H,11-13H2/t16-,17-,18+,19+/m1/s1. The predicted octanol–water partition coefficient (Wildman–Crippen LogP) is 0.883. The zero-order chi connectivity index (χ0) is 20.1. The van der Waals surface area contributed by atoms with Gasteiger partial charge in [0, 0.05) is 0 Å². The molecule has 0 amide bonds. The van der Waals surface area contributed by atoms with E-state index in [1.54, 1.807) is 24.3 Å². The van der Waals surface area contributed by atoms with Gasteiger partial charge in [0.15, 0.2) is 0 Å². The van der Waals surface area contributed by atoms with E-state index in [0.717, 1.165) is 3.61 Å². The number of ether oxygens (including phenoxy) is 5. The Morgan fingerprint density at radius 1 is 0.862 bits per heavy atom. The van der Waals surface area contributed by atoms with Crippen molar-refractivity contribution in [2.24, 2.45) is 0 Å². The van der Waals surface area contributed by atoms with Crippen LogP contribution in [0.15, 0.2) is 60.7 Å². The molecule has 0 unspecified atom stereocenters. The average Bonchev–Trinajstić information content (AvgIpc) is 2.78. The molecule has 2 aliphatic heterocycles. The molecule has 2 saturated heterocycles. The van der Waals surface area contributed by atoms with Crippen LogP contribution in [-0.4, -0.2) is 75.3 Å². The molecule has 0 aliphatic carbocycles. The second-order valence-electron chi connectivity index (χ2n) is 6.49. The fourth-order valence-corrected chi connectivity index (χ4v) is 5.59. The number of esters is 1. The van der Waals surface area contributed by atoms with Gasteiger partial charge in [0.2, 0.25) is 0 Å². The molecule has 0 bridgehead atoms. The summed E-state index contributed by atoms with van der Waals surface area (Å²) in [5.74, 6) is -0.437. The summed E-state index contributed by atoms with van der Waals surface area (Å²) in [5.41, 5.74) is 0.463. The van der Waals surface area contributed by atoms with E-state index in [2.05, 4.69) is 0 Å². The Balaban J connectivity index is 1.38. The van der Waals surface area contributed by atoms with Gasteiger partial charge in [-0.3, -0.25) is 0 Å². The topological polar surface area (TPSA) is 80.3 Å². The van der Waals surface area contributed by atoms with Crippen molar-refractivity contribution in [3.63, 3.8) is 0 Å². The van der Waals surface area contributed by atoms with Gasteiger partial charge in [-0.1, -0.05) is 0 Å². The normalized spacial score (nSPS) is 26.3. The van der Waals surface area contributed by atoms with Crippen molar-refractivity contribution in [2.45, 2.75) is 24.4 Å². The first kappa shape index (κ1) is 20.5.